The van der Waals surface area contributed by atoms with Crippen molar-refractivity contribution >= 4 is 42.3 Å². The molecule has 2 aromatic rings. The van der Waals surface area contributed by atoms with Gasteiger partial charge >= 0.3 is 0 Å². The molecule has 0 radical (unpaired) electrons. The largest absolute Gasteiger partial charge is 0.457 e. The Morgan fingerprint density at radius 1 is 1.22 bits per heavy atom. The maximum atomic E-state index is 11.9. The van der Waals surface area contributed by atoms with Gasteiger partial charge in [0.2, 0.25) is 5.91 Å². The van der Waals surface area contributed by atoms with Crippen LogP contribution < -0.4 is 21.1 Å². The van der Waals surface area contributed by atoms with Crippen molar-refractivity contribution in [1.29, 1.82) is 0 Å². The number of benzene rings is 1. The molecule has 0 saturated carbocycles. The summed E-state index contributed by atoms with van der Waals surface area (Å²) in [7, 11) is 1.54. The summed E-state index contributed by atoms with van der Waals surface area (Å²) < 4.78 is 5.85. The van der Waals surface area contributed by atoms with Crippen molar-refractivity contribution in [2.75, 3.05) is 12.4 Å². The first kappa shape index (κ1) is 24.7. The average Bonchev–Trinajstić information content (AvgIpc) is 2.63. The molecule has 1 atom stereocenters. The van der Waals surface area contributed by atoms with Gasteiger partial charge in [0.15, 0.2) is 0 Å². The van der Waals surface area contributed by atoms with Gasteiger partial charge in [-0.15, -0.1) is 24.8 Å². The summed E-state index contributed by atoms with van der Waals surface area (Å²) in [4.78, 5) is 27.6. The Morgan fingerprint density at radius 2 is 1.93 bits per heavy atom. The number of halogens is 2. The number of nitrogens with zero attached hydrogens (tertiary/aromatic N) is 1. The van der Waals surface area contributed by atoms with Gasteiger partial charge in [-0.25, -0.2) is 0 Å². The van der Waals surface area contributed by atoms with Crippen LogP contribution in [0, 0.1) is 6.92 Å². The topological polar surface area (TPSA) is 106 Å². The highest BCUT2D eigenvalue weighted by atomic mass is 35.5. The molecular formula is C18H24Cl2N4O3. The lowest BCUT2D eigenvalue weighted by Crippen LogP contribution is -2.34. The lowest BCUT2D eigenvalue weighted by atomic mass is 10.2. The predicted octanol–water partition coefficient (Wildman–Crippen LogP) is 3.06. The molecular weight excluding hydrogens is 391 g/mol. The van der Waals surface area contributed by atoms with Gasteiger partial charge in [0.05, 0.1) is 6.04 Å². The van der Waals surface area contributed by atoms with E-state index in [0.717, 1.165) is 5.56 Å². The Balaban J connectivity index is 0.00000338. The summed E-state index contributed by atoms with van der Waals surface area (Å²) in [6.45, 7) is 3.74. The quantitative estimate of drug-likeness (QED) is 0.673. The third kappa shape index (κ3) is 6.71. The third-order valence-electron chi connectivity index (χ3n) is 3.65. The molecule has 4 N–H and O–H groups in total. The maximum Gasteiger partial charge on any atom is 0.269 e. The van der Waals surface area contributed by atoms with Gasteiger partial charge in [0.25, 0.3) is 5.91 Å². The molecule has 1 aromatic carbocycles. The fraction of sp³-hybridized carbons (Fsp3) is 0.278. The molecule has 9 heteroatoms. The number of ether oxygens (including phenoxy) is 1. The van der Waals surface area contributed by atoms with E-state index in [1.165, 1.54) is 13.2 Å². The van der Waals surface area contributed by atoms with Gasteiger partial charge in [-0.3, -0.25) is 14.6 Å². The highest BCUT2D eigenvalue weighted by Crippen LogP contribution is 2.28. The van der Waals surface area contributed by atoms with Crippen LogP contribution in [0.15, 0.2) is 36.5 Å². The summed E-state index contributed by atoms with van der Waals surface area (Å²) in [6, 6.07) is 7.99. The summed E-state index contributed by atoms with van der Waals surface area (Å²) >= 11 is 0. The lowest BCUT2D eigenvalue weighted by molar-refractivity contribution is -0.117. The molecule has 7 nitrogen and oxygen atoms in total. The van der Waals surface area contributed by atoms with Crippen LogP contribution in [0.1, 0.15) is 29.4 Å². The standard InChI is InChI=1S/C18H22N4O3.2ClH/c1-4-14(19)17(23)22-12-6-5-11(2)16(9-12)25-13-7-8-21-15(10-13)18(24)20-3;;/h5-10,14H,4,19H2,1-3H3,(H,20,24)(H,22,23);2*1H/t14-;;/m0../s1. The minimum Gasteiger partial charge on any atom is -0.457 e. The Labute approximate surface area is 170 Å². The van der Waals surface area contributed by atoms with Gasteiger partial charge in [-0.05, 0) is 31.0 Å². The minimum atomic E-state index is -0.555. The Bertz CT molecular complexity index is 787. The monoisotopic (exact) mass is 414 g/mol. The molecule has 0 bridgehead atoms. The van der Waals surface area contributed by atoms with E-state index in [2.05, 4.69) is 15.6 Å². The number of hydrogen-bond acceptors (Lipinski definition) is 5. The highest BCUT2D eigenvalue weighted by Gasteiger charge is 2.13. The van der Waals surface area contributed by atoms with Crippen LogP contribution in [0.3, 0.4) is 0 Å². The number of amides is 2. The number of carbonyl (C=O) groups excluding carboxylic acids is 2. The van der Waals surface area contributed by atoms with E-state index in [0.29, 0.717) is 23.6 Å². The van der Waals surface area contributed by atoms with E-state index < -0.39 is 6.04 Å². The zero-order valence-electron chi connectivity index (χ0n) is 15.3. The van der Waals surface area contributed by atoms with Crippen LogP contribution in [0.5, 0.6) is 11.5 Å². The van der Waals surface area contributed by atoms with E-state index >= 15 is 0 Å². The molecule has 0 fully saturated rings. The van der Waals surface area contributed by atoms with Gasteiger partial charge in [0.1, 0.15) is 17.2 Å². The summed E-state index contributed by atoms with van der Waals surface area (Å²) in [6.07, 6.45) is 2.06. The Kier molecular flexibility index (Phi) is 10.4. The number of aromatic nitrogens is 1. The maximum absolute atomic E-state index is 11.9. The second kappa shape index (κ2) is 11.4. The van der Waals surface area contributed by atoms with E-state index in [-0.39, 0.29) is 42.3 Å². The van der Waals surface area contributed by atoms with E-state index in [1.54, 1.807) is 24.3 Å². The fourth-order valence-electron chi connectivity index (χ4n) is 2.06. The van der Waals surface area contributed by atoms with E-state index in [1.807, 2.05) is 19.9 Å². The molecule has 0 aliphatic rings. The molecule has 0 spiro atoms. The van der Waals surface area contributed by atoms with Crippen LogP contribution >= 0.6 is 24.8 Å². The summed E-state index contributed by atoms with van der Waals surface area (Å²) in [5.74, 6) is 0.502. The van der Waals surface area contributed by atoms with Crippen molar-refractivity contribution in [3.63, 3.8) is 0 Å². The van der Waals surface area contributed by atoms with Crippen molar-refractivity contribution < 1.29 is 14.3 Å². The van der Waals surface area contributed by atoms with Gasteiger partial charge < -0.3 is 21.1 Å². The summed E-state index contributed by atoms with van der Waals surface area (Å²) in [5.41, 5.74) is 7.46. The molecule has 0 saturated heterocycles. The number of anilines is 1. The zero-order valence-corrected chi connectivity index (χ0v) is 16.9. The zero-order chi connectivity index (χ0) is 18.4. The normalized spacial score (nSPS) is 10.7. The highest BCUT2D eigenvalue weighted by molar-refractivity contribution is 5.95. The molecule has 148 valence electrons. The van der Waals surface area contributed by atoms with Crippen molar-refractivity contribution in [2.45, 2.75) is 26.3 Å². The Hall–Kier alpha value is -2.35. The van der Waals surface area contributed by atoms with E-state index in [4.69, 9.17) is 10.5 Å². The van der Waals surface area contributed by atoms with Gasteiger partial charge in [0, 0.05) is 31.1 Å². The number of nitrogens with two attached hydrogens (primary N) is 1. The lowest BCUT2D eigenvalue weighted by Gasteiger charge is -2.13. The van der Waals surface area contributed by atoms with Crippen LogP contribution in [0.25, 0.3) is 0 Å². The first-order chi connectivity index (χ1) is 11.9. The number of rotatable bonds is 6. The van der Waals surface area contributed by atoms with Crippen molar-refractivity contribution in [3.8, 4) is 11.5 Å². The number of nitrogens with one attached hydrogen (secondary N) is 2. The van der Waals surface area contributed by atoms with E-state index in [9.17, 15) is 9.59 Å². The van der Waals surface area contributed by atoms with Crippen molar-refractivity contribution in [2.24, 2.45) is 5.73 Å². The summed E-state index contributed by atoms with van der Waals surface area (Å²) in [5, 5.41) is 5.28. The molecule has 2 amide bonds. The average molecular weight is 415 g/mol. The first-order valence-electron chi connectivity index (χ1n) is 7.97. The Morgan fingerprint density at radius 3 is 2.56 bits per heavy atom. The molecule has 0 unspecified atom stereocenters. The second-order valence-electron chi connectivity index (χ2n) is 5.54. The van der Waals surface area contributed by atoms with Crippen LogP contribution in [0.2, 0.25) is 0 Å². The van der Waals surface area contributed by atoms with Crippen LogP contribution in [-0.4, -0.2) is 29.9 Å². The molecule has 1 heterocycles. The van der Waals surface area contributed by atoms with Crippen molar-refractivity contribution in [3.05, 3.63) is 47.8 Å². The van der Waals surface area contributed by atoms with Crippen LogP contribution in [0.4, 0.5) is 5.69 Å². The molecule has 1 aromatic heterocycles. The molecule has 0 aliphatic carbocycles. The van der Waals surface area contributed by atoms with Gasteiger partial charge in [-0.1, -0.05) is 13.0 Å². The van der Waals surface area contributed by atoms with Crippen LogP contribution in [-0.2, 0) is 4.79 Å². The predicted molar refractivity (Wildman–Crippen MR) is 110 cm³/mol. The number of aryl methyl sites for hydroxylation is 1. The second-order valence-corrected chi connectivity index (χ2v) is 5.54. The smallest absolute Gasteiger partial charge is 0.269 e. The SMILES string of the molecule is CC[C@H](N)C(=O)Nc1ccc(C)c(Oc2ccnc(C(=O)NC)c2)c1.Cl.Cl. The van der Waals surface area contributed by atoms with Crippen molar-refractivity contribution in [1.82, 2.24) is 10.3 Å². The third-order valence-corrected chi connectivity index (χ3v) is 3.65. The number of carbonyl (C=O) groups is 2. The fourth-order valence-corrected chi connectivity index (χ4v) is 2.06. The molecule has 0 aliphatic heterocycles. The molecule has 2 rings (SSSR count). The first-order valence-corrected chi connectivity index (χ1v) is 7.97. The van der Waals surface area contributed by atoms with Gasteiger partial charge in [-0.2, -0.15) is 0 Å². The molecule has 27 heavy (non-hydrogen) atoms. The number of pyridine rings is 1. The minimum absolute atomic E-state index is 0. The number of hydrogen-bond donors (Lipinski definition) is 3.